The van der Waals surface area contributed by atoms with Gasteiger partial charge in [0.15, 0.2) is 17.3 Å². The van der Waals surface area contributed by atoms with Gasteiger partial charge < -0.3 is 24.8 Å². The standard InChI is InChI=1S/C24H26ClN5O3/c1-26-17-5-6-18-19(13-17)22(27-14-16-4-7-21(32-2)20(25)12-16)28-29-23(18)30-10-8-24(15-31,33-3)9-11-30/h4-7,12-13,31H,8-11,14-15H2,2-3H3,(H,27,28). The zero-order valence-corrected chi connectivity index (χ0v) is 19.4. The monoisotopic (exact) mass is 467 g/mol. The van der Waals surface area contributed by atoms with Crippen molar-refractivity contribution in [2.24, 2.45) is 0 Å². The van der Waals surface area contributed by atoms with Gasteiger partial charge in [-0.05, 0) is 36.6 Å². The van der Waals surface area contributed by atoms with Crippen molar-refractivity contribution in [1.82, 2.24) is 10.2 Å². The number of anilines is 2. The average molecular weight is 468 g/mol. The fourth-order valence-electron chi connectivity index (χ4n) is 4.12. The number of aromatic nitrogens is 2. The first-order chi connectivity index (χ1) is 16.0. The number of rotatable bonds is 7. The molecule has 1 aliphatic rings. The summed E-state index contributed by atoms with van der Waals surface area (Å²) < 4.78 is 10.8. The van der Waals surface area contributed by atoms with Gasteiger partial charge in [-0.1, -0.05) is 29.8 Å². The van der Waals surface area contributed by atoms with Gasteiger partial charge in [-0.3, -0.25) is 0 Å². The lowest BCUT2D eigenvalue weighted by Crippen LogP contribution is -2.48. The third kappa shape index (κ3) is 4.67. The Morgan fingerprint density at radius 1 is 1.15 bits per heavy atom. The van der Waals surface area contributed by atoms with Crippen molar-refractivity contribution in [3.8, 4) is 5.75 Å². The molecule has 1 saturated heterocycles. The molecule has 0 radical (unpaired) electrons. The van der Waals surface area contributed by atoms with E-state index >= 15 is 0 Å². The molecular formula is C24H26ClN5O3. The number of hydrogen-bond donors (Lipinski definition) is 2. The molecule has 2 heterocycles. The molecule has 3 aromatic rings. The zero-order chi connectivity index (χ0) is 23.4. The van der Waals surface area contributed by atoms with Crippen LogP contribution < -0.4 is 15.0 Å². The van der Waals surface area contributed by atoms with E-state index in [1.165, 1.54) is 0 Å². The Labute approximate surface area is 197 Å². The fourth-order valence-corrected chi connectivity index (χ4v) is 4.40. The van der Waals surface area contributed by atoms with E-state index in [-0.39, 0.29) is 6.61 Å². The summed E-state index contributed by atoms with van der Waals surface area (Å²) >= 11 is 6.25. The van der Waals surface area contributed by atoms with Crippen molar-refractivity contribution in [2.75, 3.05) is 44.1 Å². The Kier molecular flexibility index (Phi) is 6.84. The maximum atomic E-state index is 9.74. The maximum Gasteiger partial charge on any atom is 0.188 e. The summed E-state index contributed by atoms with van der Waals surface area (Å²) in [6, 6.07) is 11.2. The lowest BCUT2D eigenvalue weighted by molar-refractivity contribution is -0.0673. The summed E-state index contributed by atoms with van der Waals surface area (Å²) in [6.07, 6.45) is 1.39. The van der Waals surface area contributed by atoms with Crippen LogP contribution in [-0.4, -0.2) is 54.8 Å². The van der Waals surface area contributed by atoms with Gasteiger partial charge in [0.2, 0.25) is 0 Å². The van der Waals surface area contributed by atoms with Crippen LogP contribution in [0.5, 0.6) is 5.75 Å². The van der Waals surface area contributed by atoms with Crippen LogP contribution in [0.25, 0.3) is 15.6 Å². The highest BCUT2D eigenvalue weighted by molar-refractivity contribution is 6.32. The lowest BCUT2D eigenvalue weighted by Gasteiger charge is -2.40. The summed E-state index contributed by atoms with van der Waals surface area (Å²) in [5.41, 5.74) is 1.00. The second kappa shape index (κ2) is 9.79. The quantitative estimate of drug-likeness (QED) is 0.497. The number of piperidine rings is 1. The number of fused-ring (bicyclic) bond motifs is 1. The van der Waals surface area contributed by atoms with E-state index in [2.05, 4.69) is 25.3 Å². The van der Waals surface area contributed by atoms with Crippen LogP contribution in [0.15, 0.2) is 36.4 Å². The van der Waals surface area contributed by atoms with Crippen LogP contribution in [-0.2, 0) is 11.3 Å². The molecule has 1 fully saturated rings. The van der Waals surface area contributed by atoms with E-state index in [1.807, 2.05) is 30.3 Å². The van der Waals surface area contributed by atoms with Crippen molar-refractivity contribution in [1.29, 1.82) is 0 Å². The molecule has 0 saturated carbocycles. The normalized spacial score (nSPS) is 15.3. The van der Waals surface area contributed by atoms with Crippen molar-refractivity contribution in [3.05, 3.63) is 58.4 Å². The third-order valence-corrected chi connectivity index (χ3v) is 6.54. The minimum atomic E-state index is -0.502. The summed E-state index contributed by atoms with van der Waals surface area (Å²) in [6.45, 7) is 9.29. The zero-order valence-electron chi connectivity index (χ0n) is 18.6. The minimum absolute atomic E-state index is 0.00361. The Bertz CT molecular complexity index is 1180. The van der Waals surface area contributed by atoms with Crippen LogP contribution in [0.4, 0.5) is 17.3 Å². The molecule has 0 spiro atoms. The third-order valence-electron chi connectivity index (χ3n) is 6.24. The van der Waals surface area contributed by atoms with E-state index in [0.717, 1.165) is 22.2 Å². The molecule has 0 unspecified atom stereocenters. The Morgan fingerprint density at radius 2 is 1.94 bits per heavy atom. The second-order valence-electron chi connectivity index (χ2n) is 8.07. The van der Waals surface area contributed by atoms with E-state index in [1.54, 1.807) is 20.3 Å². The van der Waals surface area contributed by atoms with Crippen molar-refractivity contribution >= 4 is 39.7 Å². The first kappa shape index (κ1) is 23.1. The van der Waals surface area contributed by atoms with E-state index in [0.29, 0.717) is 54.8 Å². The van der Waals surface area contributed by atoms with Gasteiger partial charge in [0, 0.05) is 37.5 Å². The summed E-state index contributed by atoms with van der Waals surface area (Å²) in [4.78, 5) is 5.74. The molecule has 0 amide bonds. The Hall–Kier alpha value is -3.12. The molecule has 8 nitrogen and oxygen atoms in total. The molecule has 0 atom stereocenters. The molecule has 33 heavy (non-hydrogen) atoms. The average Bonchev–Trinajstić information content (AvgIpc) is 2.87. The molecule has 1 aromatic heterocycles. The first-order valence-corrected chi connectivity index (χ1v) is 11.1. The van der Waals surface area contributed by atoms with Crippen LogP contribution in [0.1, 0.15) is 18.4 Å². The molecule has 2 N–H and O–H groups in total. The van der Waals surface area contributed by atoms with Crippen LogP contribution in [0.3, 0.4) is 0 Å². The van der Waals surface area contributed by atoms with Gasteiger partial charge in [-0.25, -0.2) is 4.85 Å². The molecule has 172 valence electrons. The van der Waals surface area contributed by atoms with Crippen LogP contribution in [0.2, 0.25) is 5.02 Å². The van der Waals surface area contributed by atoms with Gasteiger partial charge in [0.25, 0.3) is 0 Å². The number of hydrogen-bond acceptors (Lipinski definition) is 7. The van der Waals surface area contributed by atoms with E-state index < -0.39 is 5.60 Å². The number of benzene rings is 2. The number of aliphatic hydroxyl groups excluding tert-OH is 1. The SMILES string of the molecule is [C-]#[N+]c1ccc2c(N3CCC(CO)(OC)CC3)nnc(NCc3ccc(OC)c(Cl)c3)c2c1. The number of nitrogens with zero attached hydrogens (tertiary/aromatic N) is 4. The number of methoxy groups -OCH3 is 2. The van der Waals surface area contributed by atoms with Crippen molar-refractivity contribution in [3.63, 3.8) is 0 Å². The number of ether oxygens (including phenoxy) is 2. The minimum Gasteiger partial charge on any atom is -0.495 e. The first-order valence-electron chi connectivity index (χ1n) is 10.7. The van der Waals surface area contributed by atoms with E-state index in [9.17, 15) is 5.11 Å². The van der Waals surface area contributed by atoms with Crippen molar-refractivity contribution < 1.29 is 14.6 Å². The summed E-state index contributed by atoms with van der Waals surface area (Å²) in [5.74, 6) is 1.99. The van der Waals surface area contributed by atoms with Crippen LogP contribution >= 0.6 is 11.6 Å². The predicted molar refractivity (Wildman–Crippen MR) is 129 cm³/mol. The van der Waals surface area contributed by atoms with Gasteiger partial charge in [0.1, 0.15) is 5.75 Å². The van der Waals surface area contributed by atoms with Crippen LogP contribution in [0, 0.1) is 6.57 Å². The highest BCUT2D eigenvalue weighted by atomic mass is 35.5. The van der Waals surface area contributed by atoms with Gasteiger partial charge in [-0.15, -0.1) is 10.2 Å². The Morgan fingerprint density at radius 3 is 2.58 bits per heavy atom. The highest BCUT2D eigenvalue weighted by Gasteiger charge is 2.35. The summed E-state index contributed by atoms with van der Waals surface area (Å²) in [5, 5.41) is 24.4. The molecule has 1 aliphatic heterocycles. The molecule has 4 rings (SSSR count). The molecular weight excluding hydrogens is 442 g/mol. The van der Waals surface area contributed by atoms with Gasteiger partial charge >= 0.3 is 0 Å². The van der Waals surface area contributed by atoms with Gasteiger partial charge in [-0.2, -0.15) is 0 Å². The largest absolute Gasteiger partial charge is 0.495 e. The second-order valence-corrected chi connectivity index (χ2v) is 8.48. The lowest BCUT2D eigenvalue weighted by atomic mass is 9.92. The summed E-state index contributed by atoms with van der Waals surface area (Å²) in [7, 11) is 3.22. The molecule has 0 aliphatic carbocycles. The molecule has 2 aromatic carbocycles. The molecule has 9 heteroatoms. The highest BCUT2D eigenvalue weighted by Crippen LogP contribution is 2.35. The number of aliphatic hydroxyl groups is 1. The van der Waals surface area contributed by atoms with Gasteiger partial charge in [0.05, 0.1) is 30.9 Å². The fraction of sp³-hybridized carbons (Fsp3) is 0.375. The topological polar surface area (TPSA) is 84.1 Å². The predicted octanol–water partition coefficient (Wildman–Crippen LogP) is 4.43. The Balaban J connectivity index is 1.62. The number of halogens is 1. The van der Waals surface area contributed by atoms with Crippen molar-refractivity contribution in [2.45, 2.75) is 25.0 Å². The number of nitrogens with one attached hydrogen (secondary N) is 1. The van der Waals surface area contributed by atoms with E-state index in [4.69, 9.17) is 27.6 Å². The molecule has 0 bridgehead atoms. The smallest absolute Gasteiger partial charge is 0.188 e. The maximum absolute atomic E-state index is 9.74.